The zero-order valence-corrected chi connectivity index (χ0v) is 14.9. The van der Waals surface area contributed by atoms with E-state index in [1.165, 1.54) is 6.17 Å². The van der Waals surface area contributed by atoms with Gasteiger partial charge in [-0.1, -0.05) is 52.4 Å². The first kappa shape index (κ1) is 15.4. The summed E-state index contributed by atoms with van der Waals surface area (Å²) in [5, 5.41) is 0. The van der Waals surface area contributed by atoms with E-state index in [1.54, 1.807) is 0 Å². The van der Waals surface area contributed by atoms with Crippen LogP contribution in [0.15, 0.2) is 12.3 Å². The lowest BCUT2D eigenvalue weighted by Gasteiger charge is -2.46. The minimum absolute atomic E-state index is 1.17. The highest BCUT2D eigenvalue weighted by Crippen LogP contribution is 2.22. The molecule has 0 radical (unpaired) electrons. The van der Waals surface area contributed by atoms with Crippen molar-refractivity contribution in [3.63, 3.8) is 0 Å². The summed E-state index contributed by atoms with van der Waals surface area (Å²) in [4.78, 5) is 0. The number of nitrogens with zero attached hydrogens (tertiary/aromatic N) is 1. The van der Waals surface area contributed by atoms with Gasteiger partial charge in [-0.05, 0) is 6.17 Å². The van der Waals surface area contributed by atoms with Crippen LogP contribution in [-0.2, 0) is 0 Å². The van der Waals surface area contributed by atoms with Gasteiger partial charge in [0.2, 0.25) is 0 Å². The molecule has 0 aliphatic heterocycles. The van der Waals surface area contributed by atoms with Crippen LogP contribution in [0.2, 0.25) is 52.4 Å². The molecule has 0 N–H and O–H groups in total. The maximum atomic E-state index is 4.02. The van der Waals surface area contributed by atoms with Gasteiger partial charge in [-0.3, -0.25) is 0 Å². The average Bonchev–Trinajstić information content (AvgIpc) is 1.96. The van der Waals surface area contributed by atoms with Crippen LogP contribution < -0.4 is 0 Å². The van der Waals surface area contributed by atoms with Crippen molar-refractivity contribution >= 4 is 24.5 Å². The molecule has 4 heteroatoms. The molecule has 1 nitrogen and oxygen atoms in total. The van der Waals surface area contributed by atoms with Crippen LogP contribution in [-0.4, -0.2) is 34.9 Å². The predicted octanol–water partition coefficient (Wildman–Crippen LogP) is 3.93. The van der Waals surface area contributed by atoms with E-state index in [1.807, 2.05) is 0 Å². The molecule has 0 aromatic heterocycles. The summed E-state index contributed by atoms with van der Waals surface area (Å²) in [5.74, 6) is 0. The first-order chi connectivity index (χ1) is 6.40. The number of hydrogen-bond acceptors (Lipinski definition) is 1. The summed E-state index contributed by atoms with van der Waals surface area (Å²) < 4.78 is 2.88. The summed E-state index contributed by atoms with van der Waals surface area (Å²) >= 11 is 0. The second kappa shape index (κ2) is 4.69. The molecule has 0 aromatic carbocycles. The van der Waals surface area contributed by atoms with Crippen molar-refractivity contribution in [3.8, 4) is 0 Å². The minimum atomic E-state index is -1.20. The van der Waals surface area contributed by atoms with E-state index in [4.69, 9.17) is 0 Å². The SMILES string of the molecule is C=C[Si](C)(C)CN([Si](C)(C)C)[Si](C)(C)C. The molecule has 0 fully saturated rings. The summed E-state index contributed by atoms with van der Waals surface area (Å²) in [6, 6.07) is 0. The lowest BCUT2D eigenvalue weighted by Crippen LogP contribution is -2.63. The molecule has 0 spiro atoms. The normalized spacial score (nSPS) is 14.5. The number of rotatable bonds is 5. The van der Waals surface area contributed by atoms with Gasteiger partial charge in [0.05, 0.1) is 8.07 Å². The van der Waals surface area contributed by atoms with Crippen LogP contribution in [0.3, 0.4) is 0 Å². The van der Waals surface area contributed by atoms with Gasteiger partial charge < -0.3 is 4.23 Å². The first-order valence-electron chi connectivity index (χ1n) is 5.81. The van der Waals surface area contributed by atoms with E-state index in [9.17, 15) is 0 Å². The van der Waals surface area contributed by atoms with Gasteiger partial charge in [0, 0.05) is 0 Å². The van der Waals surface area contributed by atoms with Crippen LogP contribution in [0.5, 0.6) is 0 Å². The second-order valence-electron chi connectivity index (χ2n) is 7.12. The Morgan fingerprint density at radius 2 is 1.20 bits per heavy atom. The third kappa shape index (κ3) is 5.29. The van der Waals surface area contributed by atoms with Crippen molar-refractivity contribution in [1.82, 2.24) is 4.23 Å². The second-order valence-corrected chi connectivity index (χ2v) is 22.0. The van der Waals surface area contributed by atoms with Crippen molar-refractivity contribution in [1.29, 1.82) is 0 Å². The van der Waals surface area contributed by atoms with E-state index in [-0.39, 0.29) is 0 Å². The molecule has 0 bridgehead atoms. The largest absolute Gasteiger partial charge is 0.348 e. The Morgan fingerprint density at radius 1 is 0.867 bits per heavy atom. The highest BCUT2D eigenvalue weighted by atomic mass is 28.4. The fourth-order valence-electron chi connectivity index (χ4n) is 1.95. The monoisotopic (exact) mass is 259 g/mol. The Kier molecular flexibility index (Phi) is 4.80. The van der Waals surface area contributed by atoms with Crippen molar-refractivity contribution < 1.29 is 0 Å². The zero-order chi connectivity index (χ0) is 12.5. The summed E-state index contributed by atoms with van der Waals surface area (Å²) in [6.07, 6.45) is 1.31. The van der Waals surface area contributed by atoms with Gasteiger partial charge in [-0.2, -0.15) is 0 Å². The fraction of sp³-hybridized carbons (Fsp3) is 0.818. The molecule has 0 aromatic rings. The topological polar surface area (TPSA) is 3.24 Å². The smallest absolute Gasteiger partial charge is 0.112 e. The molecule has 0 aliphatic carbocycles. The Bertz CT molecular complexity index is 209. The highest BCUT2D eigenvalue weighted by molar-refractivity contribution is 6.92. The van der Waals surface area contributed by atoms with E-state index in [0.717, 1.165) is 0 Å². The highest BCUT2D eigenvalue weighted by Gasteiger charge is 2.37. The Hall–Kier alpha value is 0.351. The van der Waals surface area contributed by atoms with E-state index in [0.29, 0.717) is 0 Å². The third-order valence-electron chi connectivity index (χ3n) is 2.74. The van der Waals surface area contributed by atoms with Crippen molar-refractivity contribution in [3.05, 3.63) is 12.3 Å². The maximum absolute atomic E-state index is 4.02. The third-order valence-corrected chi connectivity index (χ3v) is 13.2. The van der Waals surface area contributed by atoms with Gasteiger partial charge in [0.15, 0.2) is 0 Å². The molecule has 0 saturated carbocycles. The Morgan fingerprint density at radius 3 is 1.40 bits per heavy atom. The van der Waals surface area contributed by atoms with E-state index in [2.05, 4.69) is 68.9 Å². The molecule has 0 atom stereocenters. The molecule has 0 aliphatic rings. The van der Waals surface area contributed by atoms with Crippen LogP contribution in [0.25, 0.3) is 0 Å². The predicted molar refractivity (Wildman–Crippen MR) is 81.1 cm³/mol. The van der Waals surface area contributed by atoms with Crippen molar-refractivity contribution in [2.24, 2.45) is 0 Å². The van der Waals surface area contributed by atoms with E-state index >= 15 is 0 Å². The molecule has 0 amide bonds. The maximum Gasteiger partial charge on any atom is 0.112 e. The van der Waals surface area contributed by atoms with Crippen LogP contribution in [0.4, 0.5) is 0 Å². The quantitative estimate of drug-likeness (QED) is 0.676. The molecular weight excluding hydrogens is 230 g/mol. The molecular formula is C11H29NSi3. The van der Waals surface area contributed by atoms with Crippen LogP contribution >= 0.6 is 0 Å². The molecule has 0 unspecified atom stereocenters. The van der Waals surface area contributed by atoms with Gasteiger partial charge in [-0.15, -0.1) is 12.3 Å². The summed E-state index contributed by atoms with van der Waals surface area (Å²) in [5.41, 5.74) is 2.24. The molecule has 15 heavy (non-hydrogen) atoms. The van der Waals surface area contributed by atoms with Gasteiger partial charge in [0.25, 0.3) is 0 Å². The molecule has 0 saturated heterocycles. The van der Waals surface area contributed by atoms with Crippen LogP contribution in [0.1, 0.15) is 0 Å². The zero-order valence-electron chi connectivity index (χ0n) is 11.9. The van der Waals surface area contributed by atoms with E-state index < -0.39 is 24.5 Å². The molecule has 0 heterocycles. The van der Waals surface area contributed by atoms with Crippen LogP contribution in [0, 0.1) is 0 Å². The average molecular weight is 260 g/mol. The van der Waals surface area contributed by atoms with Gasteiger partial charge in [0.1, 0.15) is 16.5 Å². The molecule has 0 rings (SSSR count). The minimum Gasteiger partial charge on any atom is -0.348 e. The summed E-state index contributed by atoms with van der Waals surface area (Å²) in [7, 11) is -3.53. The Balaban J connectivity index is 4.93. The fourth-order valence-corrected chi connectivity index (χ4v) is 17.2. The van der Waals surface area contributed by atoms with Crippen molar-refractivity contribution in [2.45, 2.75) is 52.4 Å². The van der Waals surface area contributed by atoms with Gasteiger partial charge in [-0.25, -0.2) is 0 Å². The lowest BCUT2D eigenvalue weighted by atomic mass is 11.3. The number of hydrogen-bond donors (Lipinski definition) is 0. The summed E-state index contributed by atoms with van der Waals surface area (Å²) in [6.45, 7) is 23.7. The first-order valence-corrected chi connectivity index (χ1v) is 16.0. The van der Waals surface area contributed by atoms with Gasteiger partial charge >= 0.3 is 0 Å². The standard InChI is InChI=1S/C11H29NSi3/c1-10-15(8,9)11-12(13(2,3)4)14(5,6)7/h10H,1,11H2,2-9H3. The molecule has 90 valence electrons. The Labute approximate surface area is 99.8 Å². The lowest BCUT2D eigenvalue weighted by molar-refractivity contribution is 0.710. The van der Waals surface area contributed by atoms with Crippen molar-refractivity contribution in [2.75, 3.05) is 6.17 Å².